The number of nitrogens with zero attached hydrogens (tertiary/aromatic N) is 2. The monoisotopic (exact) mass is 315 g/mol. The highest BCUT2D eigenvalue weighted by atomic mass is 79.9. The number of hydrogen-bond donors (Lipinski definition) is 1. The minimum absolute atomic E-state index is 0.853. The molecule has 0 aliphatic carbocycles. The number of fused-ring (bicyclic) bond motifs is 1. The van der Waals surface area contributed by atoms with Crippen LogP contribution < -0.4 is 5.32 Å². The zero-order chi connectivity index (χ0) is 13.2. The summed E-state index contributed by atoms with van der Waals surface area (Å²) in [6.07, 6.45) is 1.87. The highest BCUT2D eigenvalue weighted by Gasteiger charge is 2.06. The van der Waals surface area contributed by atoms with Crippen molar-refractivity contribution in [2.45, 2.75) is 6.54 Å². The van der Waals surface area contributed by atoms with Gasteiger partial charge in [-0.15, -0.1) is 0 Å². The minimum atomic E-state index is 0.853. The Labute approximate surface area is 120 Å². The summed E-state index contributed by atoms with van der Waals surface area (Å²) in [6, 6.07) is 14.5. The molecule has 0 aliphatic heterocycles. The Morgan fingerprint density at radius 2 is 2.05 bits per heavy atom. The highest BCUT2D eigenvalue weighted by molar-refractivity contribution is 9.10. The SMILES string of the molecule is CNCc1ccc(-n2cnc3ccccc32)cc1Br. The number of nitrogens with one attached hydrogen (secondary N) is 1. The summed E-state index contributed by atoms with van der Waals surface area (Å²) >= 11 is 3.62. The van der Waals surface area contributed by atoms with Crippen LogP contribution in [0, 0.1) is 0 Å². The first kappa shape index (κ1) is 12.4. The van der Waals surface area contributed by atoms with Gasteiger partial charge in [-0.25, -0.2) is 4.98 Å². The van der Waals surface area contributed by atoms with Crippen LogP contribution in [0.4, 0.5) is 0 Å². The average molecular weight is 316 g/mol. The van der Waals surface area contributed by atoms with Crippen LogP contribution in [0.15, 0.2) is 53.3 Å². The van der Waals surface area contributed by atoms with Gasteiger partial charge in [0.05, 0.1) is 11.0 Å². The summed E-state index contributed by atoms with van der Waals surface area (Å²) in [7, 11) is 1.95. The van der Waals surface area contributed by atoms with E-state index in [1.54, 1.807) is 0 Å². The summed E-state index contributed by atoms with van der Waals surface area (Å²) < 4.78 is 3.21. The Morgan fingerprint density at radius 1 is 1.21 bits per heavy atom. The molecule has 0 aliphatic rings. The van der Waals surface area contributed by atoms with Crippen LogP contribution in [0.25, 0.3) is 16.7 Å². The third-order valence-electron chi connectivity index (χ3n) is 3.14. The molecule has 3 aromatic rings. The van der Waals surface area contributed by atoms with Crippen LogP contribution in [0.2, 0.25) is 0 Å². The lowest BCUT2D eigenvalue weighted by atomic mass is 10.2. The first-order chi connectivity index (χ1) is 9.29. The van der Waals surface area contributed by atoms with Crippen LogP contribution in [-0.4, -0.2) is 16.6 Å². The Morgan fingerprint density at radius 3 is 2.84 bits per heavy atom. The first-order valence-corrected chi connectivity index (χ1v) is 6.94. The van der Waals surface area contributed by atoms with Gasteiger partial charge in [-0.1, -0.05) is 34.1 Å². The Kier molecular flexibility index (Phi) is 3.36. The van der Waals surface area contributed by atoms with Crippen LogP contribution in [0.5, 0.6) is 0 Å². The number of aromatic nitrogens is 2. The van der Waals surface area contributed by atoms with Crippen molar-refractivity contribution in [1.82, 2.24) is 14.9 Å². The van der Waals surface area contributed by atoms with E-state index >= 15 is 0 Å². The number of imidazole rings is 1. The molecule has 4 heteroatoms. The predicted octanol–water partition coefficient (Wildman–Crippen LogP) is 3.51. The molecule has 3 nitrogen and oxygen atoms in total. The normalized spacial score (nSPS) is 11.1. The minimum Gasteiger partial charge on any atom is -0.316 e. The van der Waals surface area contributed by atoms with Crippen molar-refractivity contribution in [2.75, 3.05) is 7.05 Å². The molecule has 1 aromatic heterocycles. The largest absolute Gasteiger partial charge is 0.316 e. The average Bonchev–Trinajstić information content (AvgIpc) is 2.85. The van der Waals surface area contributed by atoms with Gasteiger partial charge >= 0.3 is 0 Å². The van der Waals surface area contributed by atoms with Crippen molar-refractivity contribution in [3.8, 4) is 5.69 Å². The van der Waals surface area contributed by atoms with E-state index in [0.717, 1.165) is 27.7 Å². The maximum absolute atomic E-state index is 4.42. The molecule has 96 valence electrons. The second-order valence-electron chi connectivity index (χ2n) is 4.41. The molecule has 0 saturated heterocycles. The highest BCUT2D eigenvalue weighted by Crippen LogP contribution is 2.23. The zero-order valence-electron chi connectivity index (χ0n) is 10.6. The van der Waals surface area contributed by atoms with E-state index in [-0.39, 0.29) is 0 Å². The van der Waals surface area contributed by atoms with E-state index in [1.165, 1.54) is 5.56 Å². The lowest BCUT2D eigenvalue weighted by Gasteiger charge is -2.08. The third-order valence-corrected chi connectivity index (χ3v) is 3.87. The fourth-order valence-corrected chi connectivity index (χ4v) is 2.69. The molecule has 0 spiro atoms. The van der Waals surface area contributed by atoms with Gasteiger partial charge in [-0.2, -0.15) is 0 Å². The molecule has 2 aromatic carbocycles. The standard InChI is InChI=1S/C15H14BrN3/c1-17-9-11-6-7-12(8-13(11)16)19-10-18-14-4-2-3-5-15(14)19/h2-8,10,17H,9H2,1H3. The lowest BCUT2D eigenvalue weighted by molar-refractivity contribution is 0.814. The predicted molar refractivity (Wildman–Crippen MR) is 81.5 cm³/mol. The lowest BCUT2D eigenvalue weighted by Crippen LogP contribution is -2.06. The maximum Gasteiger partial charge on any atom is 0.100 e. The Bertz CT molecular complexity index is 718. The summed E-state index contributed by atoms with van der Waals surface area (Å²) in [5.74, 6) is 0. The molecule has 1 heterocycles. The van der Waals surface area contributed by atoms with E-state index in [9.17, 15) is 0 Å². The molecule has 19 heavy (non-hydrogen) atoms. The molecule has 0 radical (unpaired) electrons. The van der Waals surface area contributed by atoms with Crippen LogP contribution in [-0.2, 0) is 6.54 Å². The summed E-state index contributed by atoms with van der Waals surface area (Å²) in [5.41, 5.74) is 4.49. The van der Waals surface area contributed by atoms with Crippen molar-refractivity contribution >= 4 is 27.0 Å². The molecular weight excluding hydrogens is 302 g/mol. The van der Waals surface area contributed by atoms with Crippen molar-refractivity contribution in [1.29, 1.82) is 0 Å². The maximum atomic E-state index is 4.42. The number of halogens is 1. The fraction of sp³-hybridized carbons (Fsp3) is 0.133. The van der Waals surface area contributed by atoms with Crippen LogP contribution in [0.1, 0.15) is 5.56 Å². The van der Waals surface area contributed by atoms with Gasteiger partial charge in [-0.3, -0.25) is 4.57 Å². The van der Waals surface area contributed by atoms with Crippen LogP contribution >= 0.6 is 15.9 Å². The molecule has 1 N–H and O–H groups in total. The quantitative estimate of drug-likeness (QED) is 0.801. The van der Waals surface area contributed by atoms with Gasteiger partial charge in [0.25, 0.3) is 0 Å². The van der Waals surface area contributed by atoms with Crippen molar-refractivity contribution in [2.24, 2.45) is 0 Å². The number of hydrogen-bond acceptors (Lipinski definition) is 2. The summed E-state index contributed by atoms with van der Waals surface area (Å²) in [4.78, 5) is 4.42. The van der Waals surface area contributed by atoms with E-state index in [2.05, 4.69) is 55.1 Å². The molecule has 0 fully saturated rings. The second kappa shape index (κ2) is 5.15. The molecule has 0 atom stereocenters. The molecule has 0 bridgehead atoms. The summed E-state index contributed by atoms with van der Waals surface area (Å²) in [5, 5.41) is 3.16. The van der Waals surface area contributed by atoms with Crippen molar-refractivity contribution in [3.05, 3.63) is 58.8 Å². The Hall–Kier alpha value is -1.65. The molecule has 3 rings (SSSR count). The van der Waals surface area contributed by atoms with Crippen molar-refractivity contribution < 1.29 is 0 Å². The molecule has 0 saturated carbocycles. The van der Waals surface area contributed by atoms with E-state index in [0.29, 0.717) is 0 Å². The molecular formula is C15H14BrN3. The van der Waals surface area contributed by atoms with E-state index in [4.69, 9.17) is 0 Å². The van der Waals surface area contributed by atoms with Gasteiger partial charge in [0.1, 0.15) is 6.33 Å². The Balaban J connectivity index is 2.09. The molecule has 0 unspecified atom stereocenters. The second-order valence-corrected chi connectivity index (χ2v) is 5.26. The zero-order valence-corrected chi connectivity index (χ0v) is 12.2. The smallest absolute Gasteiger partial charge is 0.100 e. The number of rotatable bonds is 3. The molecule has 0 amide bonds. The van der Waals surface area contributed by atoms with Crippen LogP contribution in [0.3, 0.4) is 0 Å². The number of para-hydroxylation sites is 2. The summed E-state index contributed by atoms with van der Waals surface area (Å²) in [6.45, 7) is 0.853. The van der Waals surface area contributed by atoms with E-state index < -0.39 is 0 Å². The van der Waals surface area contributed by atoms with Gasteiger partial charge in [0, 0.05) is 16.7 Å². The fourth-order valence-electron chi connectivity index (χ4n) is 2.18. The van der Waals surface area contributed by atoms with Gasteiger partial charge in [-0.05, 0) is 36.9 Å². The van der Waals surface area contributed by atoms with Gasteiger partial charge in [0.2, 0.25) is 0 Å². The first-order valence-electron chi connectivity index (χ1n) is 6.15. The van der Waals surface area contributed by atoms with Crippen molar-refractivity contribution in [3.63, 3.8) is 0 Å². The van der Waals surface area contributed by atoms with Gasteiger partial charge in [0.15, 0.2) is 0 Å². The third kappa shape index (κ3) is 2.29. The van der Waals surface area contributed by atoms with Gasteiger partial charge < -0.3 is 5.32 Å². The van der Waals surface area contributed by atoms with E-state index in [1.807, 2.05) is 31.6 Å². The topological polar surface area (TPSA) is 29.9 Å². The number of benzene rings is 2.